The van der Waals surface area contributed by atoms with E-state index in [1.165, 1.54) is 0 Å². The molecule has 3 nitrogen and oxygen atoms in total. The second-order valence-corrected chi connectivity index (χ2v) is 3.82. The summed E-state index contributed by atoms with van der Waals surface area (Å²) in [5, 5.41) is 9.89. The van der Waals surface area contributed by atoms with Crippen LogP contribution >= 0.6 is 23.7 Å². The maximum atomic E-state index is 11.6. The maximum Gasteiger partial charge on any atom is 0.252 e. The van der Waals surface area contributed by atoms with Crippen molar-refractivity contribution >= 4 is 29.7 Å². The standard InChI is InChI=1S/C10H16N2OS.ClH/c1-3-11-4-5-12-10(13)9-7-14-6-8(9)2;/h6-7,11H,3-5H2,1-2H3,(H,12,13);1H. The van der Waals surface area contributed by atoms with Crippen molar-refractivity contribution in [1.82, 2.24) is 10.6 Å². The average molecular weight is 249 g/mol. The van der Waals surface area contributed by atoms with Gasteiger partial charge >= 0.3 is 0 Å². The summed E-state index contributed by atoms with van der Waals surface area (Å²) in [6.45, 7) is 6.45. The Kier molecular flexibility index (Phi) is 7.38. The molecule has 0 atom stereocenters. The van der Waals surface area contributed by atoms with Crippen molar-refractivity contribution < 1.29 is 4.79 Å². The van der Waals surface area contributed by atoms with Gasteiger partial charge in [0.1, 0.15) is 0 Å². The summed E-state index contributed by atoms with van der Waals surface area (Å²) in [6, 6.07) is 0. The Bertz CT molecular complexity index is 301. The molecule has 0 radical (unpaired) electrons. The smallest absolute Gasteiger partial charge is 0.252 e. The fraction of sp³-hybridized carbons (Fsp3) is 0.500. The van der Waals surface area contributed by atoms with Crippen molar-refractivity contribution in [2.45, 2.75) is 13.8 Å². The number of likely N-dealkylation sites (N-methyl/N-ethyl adjacent to an activating group) is 1. The van der Waals surface area contributed by atoms with Crippen molar-refractivity contribution in [3.8, 4) is 0 Å². The zero-order chi connectivity index (χ0) is 10.4. The first-order valence-corrected chi connectivity index (χ1v) is 5.71. The van der Waals surface area contributed by atoms with Crippen LogP contribution < -0.4 is 10.6 Å². The molecule has 0 aromatic carbocycles. The molecule has 1 aromatic rings. The van der Waals surface area contributed by atoms with E-state index in [1.807, 2.05) is 24.6 Å². The van der Waals surface area contributed by atoms with Gasteiger partial charge in [-0.3, -0.25) is 4.79 Å². The largest absolute Gasteiger partial charge is 0.351 e. The number of amides is 1. The molecule has 0 aliphatic rings. The highest BCUT2D eigenvalue weighted by atomic mass is 35.5. The van der Waals surface area contributed by atoms with E-state index in [9.17, 15) is 4.79 Å². The number of aryl methyl sites for hydroxylation is 1. The summed E-state index contributed by atoms with van der Waals surface area (Å²) in [6.07, 6.45) is 0. The van der Waals surface area contributed by atoms with E-state index >= 15 is 0 Å². The second kappa shape index (κ2) is 7.68. The van der Waals surface area contributed by atoms with Crippen LogP contribution in [0.4, 0.5) is 0 Å². The zero-order valence-electron chi connectivity index (χ0n) is 9.00. The van der Waals surface area contributed by atoms with Gasteiger partial charge in [0.05, 0.1) is 5.56 Å². The minimum Gasteiger partial charge on any atom is -0.351 e. The summed E-state index contributed by atoms with van der Waals surface area (Å²) in [7, 11) is 0. The summed E-state index contributed by atoms with van der Waals surface area (Å²) in [4.78, 5) is 11.6. The third-order valence-electron chi connectivity index (χ3n) is 1.94. The second-order valence-electron chi connectivity index (χ2n) is 3.08. The van der Waals surface area contributed by atoms with Gasteiger partial charge in [0.15, 0.2) is 0 Å². The predicted molar refractivity (Wildman–Crippen MR) is 67.2 cm³/mol. The van der Waals surface area contributed by atoms with Crippen LogP contribution in [-0.4, -0.2) is 25.5 Å². The number of carbonyl (C=O) groups excluding carboxylic acids is 1. The summed E-state index contributed by atoms with van der Waals surface area (Å²) >= 11 is 1.56. The molecule has 0 saturated carbocycles. The quantitative estimate of drug-likeness (QED) is 0.781. The molecule has 15 heavy (non-hydrogen) atoms. The summed E-state index contributed by atoms with van der Waals surface area (Å²) < 4.78 is 0. The van der Waals surface area contributed by atoms with Crippen molar-refractivity contribution in [3.63, 3.8) is 0 Å². The molecule has 1 amide bonds. The van der Waals surface area contributed by atoms with Crippen molar-refractivity contribution in [3.05, 3.63) is 21.9 Å². The number of rotatable bonds is 5. The molecule has 1 rings (SSSR count). The van der Waals surface area contributed by atoms with Crippen LogP contribution in [-0.2, 0) is 0 Å². The highest BCUT2D eigenvalue weighted by Crippen LogP contribution is 2.12. The van der Waals surface area contributed by atoms with Gasteiger partial charge in [-0.2, -0.15) is 11.3 Å². The number of thiophene rings is 1. The minimum atomic E-state index is 0. The lowest BCUT2D eigenvalue weighted by Crippen LogP contribution is -2.31. The molecule has 0 fully saturated rings. The molecule has 2 N–H and O–H groups in total. The van der Waals surface area contributed by atoms with Gasteiger partial charge < -0.3 is 10.6 Å². The monoisotopic (exact) mass is 248 g/mol. The van der Waals surface area contributed by atoms with Gasteiger partial charge in [-0.05, 0) is 24.4 Å². The number of hydrogen-bond donors (Lipinski definition) is 2. The Morgan fingerprint density at radius 1 is 1.40 bits per heavy atom. The third-order valence-corrected chi connectivity index (χ3v) is 2.80. The number of nitrogens with one attached hydrogen (secondary N) is 2. The minimum absolute atomic E-state index is 0. The summed E-state index contributed by atoms with van der Waals surface area (Å²) in [5.74, 6) is 0.0293. The van der Waals surface area contributed by atoms with E-state index in [0.29, 0.717) is 6.54 Å². The SMILES string of the molecule is CCNCCNC(=O)c1cscc1C.Cl. The van der Waals surface area contributed by atoms with Gasteiger partial charge in [-0.1, -0.05) is 6.92 Å². The maximum absolute atomic E-state index is 11.6. The zero-order valence-corrected chi connectivity index (χ0v) is 10.6. The van der Waals surface area contributed by atoms with Crippen LogP contribution in [0.25, 0.3) is 0 Å². The fourth-order valence-electron chi connectivity index (χ4n) is 1.13. The molecular formula is C10H17ClN2OS. The lowest BCUT2D eigenvalue weighted by atomic mass is 10.2. The van der Waals surface area contributed by atoms with E-state index in [2.05, 4.69) is 10.6 Å². The van der Waals surface area contributed by atoms with Gasteiger partial charge in [0, 0.05) is 18.5 Å². The van der Waals surface area contributed by atoms with Crippen LogP contribution in [0.2, 0.25) is 0 Å². The van der Waals surface area contributed by atoms with Crippen molar-refractivity contribution in [1.29, 1.82) is 0 Å². The van der Waals surface area contributed by atoms with Crippen LogP contribution in [0.15, 0.2) is 10.8 Å². The normalized spacial score (nSPS) is 9.47. The molecular weight excluding hydrogens is 232 g/mol. The first-order chi connectivity index (χ1) is 6.75. The fourth-order valence-corrected chi connectivity index (χ4v) is 1.96. The van der Waals surface area contributed by atoms with Gasteiger partial charge in [-0.25, -0.2) is 0 Å². The number of halogens is 1. The third kappa shape index (κ3) is 4.64. The predicted octanol–water partition coefficient (Wildman–Crippen LogP) is 1.82. The average Bonchev–Trinajstić information content (AvgIpc) is 2.59. The lowest BCUT2D eigenvalue weighted by Gasteiger charge is -2.04. The number of hydrogen-bond acceptors (Lipinski definition) is 3. The molecule has 86 valence electrons. The van der Waals surface area contributed by atoms with Crippen LogP contribution in [0.1, 0.15) is 22.8 Å². The molecule has 0 bridgehead atoms. The van der Waals surface area contributed by atoms with E-state index in [0.717, 1.165) is 24.2 Å². The molecule has 0 aliphatic carbocycles. The Morgan fingerprint density at radius 2 is 2.13 bits per heavy atom. The molecule has 1 heterocycles. The molecule has 1 aromatic heterocycles. The molecule has 0 unspecified atom stereocenters. The van der Waals surface area contributed by atoms with Crippen LogP contribution in [0.5, 0.6) is 0 Å². The lowest BCUT2D eigenvalue weighted by molar-refractivity contribution is 0.0954. The molecule has 0 spiro atoms. The first kappa shape index (κ1) is 14.4. The Balaban J connectivity index is 0.00000196. The highest BCUT2D eigenvalue weighted by molar-refractivity contribution is 7.08. The van der Waals surface area contributed by atoms with Crippen molar-refractivity contribution in [2.24, 2.45) is 0 Å². The van der Waals surface area contributed by atoms with E-state index in [-0.39, 0.29) is 18.3 Å². The van der Waals surface area contributed by atoms with E-state index in [1.54, 1.807) is 11.3 Å². The topological polar surface area (TPSA) is 41.1 Å². The molecule has 0 aliphatic heterocycles. The van der Waals surface area contributed by atoms with Crippen LogP contribution in [0.3, 0.4) is 0 Å². The van der Waals surface area contributed by atoms with E-state index < -0.39 is 0 Å². The Morgan fingerprint density at radius 3 is 2.67 bits per heavy atom. The van der Waals surface area contributed by atoms with Crippen LogP contribution in [0, 0.1) is 6.92 Å². The molecule has 5 heteroatoms. The van der Waals surface area contributed by atoms with Gasteiger partial charge in [0.25, 0.3) is 5.91 Å². The van der Waals surface area contributed by atoms with E-state index in [4.69, 9.17) is 0 Å². The van der Waals surface area contributed by atoms with Gasteiger partial charge in [-0.15, -0.1) is 12.4 Å². The Labute approximate surface area is 101 Å². The first-order valence-electron chi connectivity index (χ1n) is 4.77. The molecule has 0 saturated heterocycles. The van der Waals surface area contributed by atoms with Gasteiger partial charge in [0.2, 0.25) is 0 Å². The number of carbonyl (C=O) groups is 1. The Hall–Kier alpha value is -0.580. The summed E-state index contributed by atoms with van der Waals surface area (Å²) in [5.41, 5.74) is 1.85. The highest BCUT2D eigenvalue weighted by Gasteiger charge is 2.07. The van der Waals surface area contributed by atoms with Crippen molar-refractivity contribution in [2.75, 3.05) is 19.6 Å².